The number of aliphatic carboxylic acids is 2. The minimum absolute atomic E-state index is 0. The minimum Gasteiger partial charge on any atom is -0.480 e. The first-order valence-corrected chi connectivity index (χ1v) is 10.7. The van der Waals surface area contributed by atoms with Crippen molar-refractivity contribution in [2.75, 3.05) is 13.2 Å². The van der Waals surface area contributed by atoms with E-state index in [1.165, 1.54) is 4.90 Å². The Morgan fingerprint density at radius 2 is 1.76 bits per heavy atom. The molecule has 0 bridgehead atoms. The predicted octanol–water partition coefficient (Wildman–Crippen LogP) is 2.06. The Hall–Kier alpha value is -2.94. The van der Waals surface area contributed by atoms with Crippen LogP contribution in [0.15, 0.2) is 54.6 Å². The van der Waals surface area contributed by atoms with Gasteiger partial charge in [-0.3, -0.25) is 14.9 Å². The van der Waals surface area contributed by atoms with E-state index in [1.54, 1.807) is 0 Å². The van der Waals surface area contributed by atoms with Crippen LogP contribution in [0, 0.1) is 0 Å². The zero-order valence-electron chi connectivity index (χ0n) is 17.9. The van der Waals surface area contributed by atoms with E-state index in [1.807, 2.05) is 54.6 Å². The number of halogens is 1. The smallest absolute Gasteiger partial charge is 0.328 e. The van der Waals surface area contributed by atoms with Gasteiger partial charge in [0.25, 0.3) is 0 Å². The summed E-state index contributed by atoms with van der Waals surface area (Å²) in [7, 11) is 0. The predicted molar refractivity (Wildman–Crippen MR) is 122 cm³/mol. The van der Waals surface area contributed by atoms with Crippen LogP contribution >= 0.6 is 12.4 Å². The van der Waals surface area contributed by atoms with Crippen LogP contribution in [0.4, 0.5) is 0 Å². The van der Waals surface area contributed by atoms with Crippen LogP contribution in [0.25, 0.3) is 0 Å². The van der Waals surface area contributed by atoms with Gasteiger partial charge in [-0.2, -0.15) is 0 Å². The highest BCUT2D eigenvalue weighted by Crippen LogP contribution is 2.34. The number of nitrogens with one attached hydrogen (secondary N) is 1. The van der Waals surface area contributed by atoms with Gasteiger partial charge in [-0.1, -0.05) is 54.6 Å². The summed E-state index contributed by atoms with van der Waals surface area (Å²) in [5, 5.41) is 22.5. The first-order valence-electron chi connectivity index (χ1n) is 10.7. The molecule has 176 valence electrons. The molecule has 1 amide bonds. The maximum Gasteiger partial charge on any atom is 0.328 e. The van der Waals surface area contributed by atoms with E-state index < -0.39 is 42.0 Å². The van der Waals surface area contributed by atoms with Gasteiger partial charge in [-0.15, -0.1) is 12.4 Å². The molecular formula is C24H27ClN2O6. The first kappa shape index (κ1) is 24.7. The molecule has 1 saturated heterocycles. The Morgan fingerprint density at radius 1 is 1.06 bits per heavy atom. The van der Waals surface area contributed by atoms with Gasteiger partial charge in [0.05, 0.1) is 25.3 Å². The third kappa shape index (κ3) is 5.35. The zero-order chi connectivity index (χ0) is 22.7. The summed E-state index contributed by atoms with van der Waals surface area (Å²) < 4.78 is 5.53. The molecule has 0 spiro atoms. The summed E-state index contributed by atoms with van der Waals surface area (Å²) in [6.07, 6.45) is 1.13. The number of hydrogen-bond donors (Lipinski definition) is 3. The lowest BCUT2D eigenvalue weighted by Crippen LogP contribution is -2.59. The van der Waals surface area contributed by atoms with Crippen molar-refractivity contribution in [3.63, 3.8) is 0 Å². The third-order valence-electron chi connectivity index (χ3n) is 6.16. The van der Waals surface area contributed by atoms with Gasteiger partial charge in [0.15, 0.2) is 6.04 Å². The fraction of sp³-hybridized carbons (Fsp3) is 0.375. The van der Waals surface area contributed by atoms with Gasteiger partial charge < -0.3 is 19.8 Å². The molecule has 0 aromatic heterocycles. The van der Waals surface area contributed by atoms with Crippen molar-refractivity contribution in [3.05, 3.63) is 71.3 Å². The number of hydrogen-bond acceptors (Lipinski definition) is 5. The van der Waals surface area contributed by atoms with Crippen molar-refractivity contribution >= 4 is 30.3 Å². The van der Waals surface area contributed by atoms with Crippen LogP contribution in [-0.4, -0.2) is 64.3 Å². The molecule has 0 saturated carbocycles. The average Bonchev–Trinajstić information content (AvgIpc) is 2.92. The highest BCUT2D eigenvalue weighted by molar-refractivity contribution is 5.89. The van der Waals surface area contributed by atoms with Crippen LogP contribution in [0.2, 0.25) is 0 Å². The fourth-order valence-corrected chi connectivity index (χ4v) is 4.55. The van der Waals surface area contributed by atoms with E-state index >= 15 is 0 Å². The molecule has 2 aliphatic rings. The van der Waals surface area contributed by atoms with E-state index in [4.69, 9.17) is 4.74 Å². The number of nitrogens with zero attached hydrogens (tertiary/aromatic N) is 1. The molecule has 0 radical (unpaired) electrons. The number of carboxylic acids is 2. The highest BCUT2D eigenvalue weighted by atomic mass is 35.5. The number of aryl methyl sites for hydroxylation is 1. The average molecular weight is 475 g/mol. The summed E-state index contributed by atoms with van der Waals surface area (Å²) in [6.45, 7) is 0.110. The number of rotatable bonds is 7. The molecule has 2 heterocycles. The third-order valence-corrected chi connectivity index (χ3v) is 6.16. The van der Waals surface area contributed by atoms with Crippen molar-refractivity contribution in [2.24, 2.45) is 0 Å². The van der Waals surface area contributed by atoms with Gasteiger partial charge in [0.2, 0.25) is 5.91 Å². The molecule has 2 aromatic carbocycles. The van der Waals surface area contributed by atoms with Crippen LogP contribution in [0.3, 0.4) is 0 Å². The second-order valence-electron chi connectivity index (χ2n) is 8.19. The number of carboxylic acid groups (broad SMARTS) is 2. The molecule has 8 nitrogen and oxygen atoms in total. The molecule has 3 N–H and O–H groups in total. The van der Waals surface area contributed by atoms with Crippen molar-refractivity contribution in [3.8, 4) is 0 Å². The Labute approximate surface area is 198 Å². The maximum absolute atomic E-state index is 13.5. The molecule has 4 rings (SSSR count). The maximum atomic E-state index is 13.5. The molecule has 33 heavy (non-hydrogen) atoms. The summed E-state index contributed by atoms with van der Waals surface area (Å²) >= 11 is 0. The second-order valence-corrected chi connectivity index (χ2v) is 8.19. The number of carbonyl (C=O) groups is 3. The molecular weight excluding hydrogens is 448 g/mol. The van der Waals surface area contributed by atoms with Gasteiger partial charge in [-0.25, -0.2) is 4.79 Å². The number of amides is 1. The molecule has 2 aliphatic heterocycles. The Morgan fingerprint density at radius 3 is 2.45 bits per heavy atom. The Bertz CT molecular complexity index is 1000. The zero-order valence-corrected chi connectivity index (χ0v) is 18.7. The summed E-state index contributed by atoms with van der Waals surface area (Å²) in [6, 6.07) is 13.6. The van der Waals surface area contributed by atoms with E-state index in [9.17, 15) is 24.6 Å². The Kier molecular flexibility index (Phi) is 8.07. The quantitative estimate of drug-likeness (QED) is 0.562. The van der Waals surface area contributed by atoms with Crippen molar-refractivity contribution in [2.45, 2.75) is 43.4 Å². The van der Waals surface area contributed by atoms with Crippen LogP contribution in [-0.2, 0) is 32.0 Å². The van der Waals surface area contributed by atoms with Gasteiger partial charge in [-0.05, 0) is 36.0 Å². The minimum atomic E-state index is -1.14. The Balaban J connectivity index is 0.00000306. The summed E-state index contributed by atoms with van der Waals surface area (Å²) in [5.74, 6) is -2.59. The molecule has 1 fully saturated rings. The van der Waals surface area contributed by atoms with Crippen LogP contribution < -0.4 is 5.32 Å². The van der Waals surface area contributed by atoms with Gasteiger partial charge in [0.1, 0.15) is 6.04 Å². The number of benzene rings is 2. The van der Waals surface area contributed by atoms with Gasteiger partial charge >= 0.3 is 11.9 Å². The van der Waals surface area contributed by atoms with Crippen molar-refractivity contribution < 1.29 is 29.3 Å². The van der Waals surface area contributed by atoms with E-state index in [0.29, 0.717) is 12.8 Å². The summed E-state index contributed by atoms with van der Waals surface area (Å²) in [4.78, 5) is 38.8. The second kappa shape index (κ2) is 10.8. The largest absolute Gasteiger partial charge is 0.480 e. The molecule has 2 aromatic rings. The summed E-state index contributed by atoms with van der Waals surface area (Å²) in [5.41, 5.74) is 2.73. The van der Waals surface area contributed by atoms with Crippen molar-refractivity contribution in [1.82, 2.24) is 10.2 Å². The van der Waals surface area contributed by atoms with E-state index in [2.05, 4.69) is 5.32 Å². The molecule has 9 heteroatoms. The van der Waals surface area contributed by atoms with E-state index in [0.717, 1.165) is 16.7 Å². The SMILES string of the molecule is Cl.O=C(O)[C@H](CCc1ccccc1)NC1Cc2ccccc2C2COC[C@H](C(=O)O)N2C1=O. The number of ether oxygens (including phenoxy) is 1. The monoisotopic (exact) mass is 474 g/mol. The van der Waals surface area contributed by atoms with Crippen LogP contribution in [0.5, 0.6) is 0 Å². The molecule has 0 aliphatic carbocycles. The lowest BCUT2D eigenvalue weighted by molar-refractivity contribution is -0.165. The standard InChI is InChI=1S/C24H26N2O6.ClH/c27-22-19(25-18(23(28)29)11-10-15-6-2-1-3-7-15)12-16-8-4-5-9-17(16)20-13-32-14-21(24(30)31)26(20)22;/h1-9,18-21,25H,10-14H2,(H,28,29)(H,30,31);1H/t18-,19?,20?,21+;/m0./s1. The molecule has 4 atom stereocenters. The number of morpholine rings is 1. The number of fused-ring (bicyclic) bond motifs is 3. The number of carbonyl (C=O) groups excluding carboxylic acids is 1. The molecule has 2 unspecified atom stereocenters. The lowest BCUT2D eigenvalue weighted by atomic mass is 9.96. The van der Waals surface area contributed by atoms with Gasteiger partial charge in [0, 0.05) is 0 Å². The van der Waals surface area contributed by atoms with E-state index in [-0.39, 0.29) is 32.0 Å². The normalized spacial score (nSPS) is 22.8. The van der Waals surface area contributed by atoms with Crippen LogP contribution in [0.1, 0.15) is 29.2 Å². The topological polar surface area (TPSA) is 116 Å². The lowest BCUT2D eigenvalue weighted by Gasteiger charge is -2.40. The van der Waals surface area contributed by atoms with Crippen molar-refractivity contribution in [1.29, 1.82) is 0 Å². The highest BCUT2D eigenvalue weighted by Gasteiger charge is 2.45. The first-order chi connectivity index (χ1) is 15.5. The fourth-order valence-electron chi connectivity index (χ4n) is 4.55.